The van der Waals surface area contributed by atoms with Gasteiger partial charge in [0.05, 0.1) is 0 Å². The fourth-order valence-corrected chi connectivity index (χ4v) is 3.84. The number of hydrogen-bond donors (Lipinski definition) is 2. The summed E-state index contributed by atoms with van der Waals surface area (Å²) in [6.07, 6.45) is 6.55. The predicted octanol–water partition coefficient (Wildman–Crippen LogP) is 3.96. The maximum Gasteiger partial charge on any atom is 0.191 e. The Kier molecular flexibility index (Phi) is 6.82. The van der Waals surface area contributed by atoms with Crippen LogP contribution in [-0.4, -0.2) is 32.4 Å². The predicted molar refractivity (Wildman–Crippen MR) is 118 cm³/mol. The van der Waals surface area contributed by atoms with Gasteiger partial charge in [0.15, 0.2) is 5.96 Å². The lowest BCUT2D eigenvalue weighted by Gasteiger charge is -2.19. The molecule has 0 spiro atoms. The maximum absolute atomic E-state index is 4.36. The first-order valence-electron chi connectivity index (χ1n) is 9.26. The van der Waals surface area contributed by atoms with Crippen LogP contribution in [0.25, 0.3) is 0 Å². The average Bonchev–Trinajstić information content (AvgIpc) is 3.24. The number of nitrogens with one attached hydrogen (secondary N) is 2. The third kappa shape index (κ3) is 5.30. The van der Waals surface area contributed by atoms with Crippen molar-refractivity contribution < 1.29 is 0 Å². The topological polar surface area (TPSA) is 39.7 Å². The molecule has 1 aliphatic rings. The van der Waals surface area contributed by atoms with Crippen LogP contribution in [0.1, 0.15) is 16.7 Å². The van der Waals surface area contributed by atoms with Gasteiger partial charge in [0.25, 0.3) is 0 Å². The van der Waals surface area contributed by atoms with E-state index in [9.17, 15) is 0 Å². The number of guanidine groups is 1. The lowest BCUT2D eigenvalue weighted by Crippen LogP contribution is -2.36. The fraction of sp³-hybridized carbons (Fsp3) is 0.318. The number of nitrogens with zero attached hydrogens (tertiary/aromatic N) is 2. The van der Waals surface area contributed by atoms with Gasteiger partial charge in [0, 0.05) is 43.8 Å². The van der Waals surface area contributed by atoms with Gasteiger partial charge in [0.1, 0.15) is 0 Å². The molecule has 0 aliphatic carbocycles. The highest BCUT2D eigenvalue weighted by Crippen LogP contribution is 2.21. The third-order valence-corrected chi connectivity index (χ3v) is 5.49. The van der Waals surface area contributed by atoms with E-state index in [4.69, 9.17) is 0 Å². The van der Waals surface area contributed by atoms with Crippen molar-refractivity contribution >= 4 is 23.4 Å². The van der Waals surface area contributed by atoms with Gasteiger partial charge in [0.2, 0.25) is 0 Å². The van der Waals surface area contributed by atoms with Gasteiger partial charge < -0.3 is 15.5 Å². The smallest absolute Gasteiger partial charge is 0.191 e. The zero-order valence-electron chi connectivity index (χ0n) is 16.3. The van der Waals surface area contributed by atoms with Crippen molar-refractivity contribution in [1.82, 2.24) is 10.6 Å². The maximum atomic E-state index is 4.36. The third-order valence-electron chi connectivity index (χ3n) is 4.67. The summed E-state index contributed by atoms with van der Waals surface area (Å²) < 4.78 is 0. The SMILES string of the molecule is CN=C(NCc1cccc(N2CC=CC2)c1)NCc1ccc(C)cc1SC. The molecule has 4 nitrogen and oxygen atoms in total. The minimum atomic E-state index is 0.748. The molecule has 27 heavy (non-hydrogen) atoms. The fourth-order valence-electron chi connectivity index (χ4n) is 3.14. The summed E-state index contributed by atoms with van der Waals surface area (Å²) in [5, 5.41) is 6.85. The van der Waals surface area contributed by atoms with Crippen LogP contribution in [0.2, 0.25) is 0 Å². The van der Waals surface area contributed by atoms with Gasteiger partial charge in [-0.15, -0.1) is 11.8 Å². The summed E-state index contributed by atoms with van der Waals surface area (Å²) in [6, 6.07) is 15.3. The number of aliphatic imine (C=N–C) groups is 1. The number of rotatable bonds is 6. The Hall–Kier alpha value is -2.40. The summed E-state index contributed by atoms with van der Waals surface area (Å²) in [6.45, 7) is 5.63. The van der Waals surface area contributed by atoms with Crippen molar-refractivity contribution in [1.29, 1.82) is 0 Å². The second-order valence-corrected chi connectivity index (χ2v) is 7.49. The second-order valence-electron chi connectivity index (χ2n) is 6.64. The highest BCUT2D eigenvalue weighted by atomic mass is 32.2. The Labute approximate surface area is 166 Å². The lowest BCUT2D eigenvalue weighted by atomic mass is 10.1. The van der Waals surface area contributed by atoms with Crippen LogP contribution in [0.4, 0.5) is 5.69 Å². The first kappa shape index (κ1) is 19.4. The van der Waals surface area contributed by atoms with Gasteiger partial charge in [-0.1, -0.05) is 36.4 Å². The van der Waals surface area contributed by atoms with Crippen molar-refractivity contribution in [3.63, 3.8) is 0 Å². The molecule has 0 saturated heterocycles. The molecule has 1 aliphatic heterocycles. The highest BCUT2D eigenvalue weighted by Gasteiger charge is 2.08. The van der Waals surface area contributed by atoms with Crippen molar-refractivity contribution in [2.45, 2.75) is 24.9 Å². The minimum absolute atomic E-state index is 0.748. The number of hydrogen-bond acceptors (Lipinski definition) is 3. The van der Waals surface area contributed by atoms with E-state index in [1.165, 1.54) is 27.3 Å². The summed E-state index contributed by atoms with van der Waals surface area (Å²) >= 11 is 1.78. The number of aryl methyl sites for hydroxylation is 1. The van der Waals surface area contributed by atoms with E-state index in [0.29, 0.717) is 0 Å². The first-order chi connectivity index (χ1) is 13.2. The summed E-state index contributed by atoms with van der Waals surface area (Å²) in [5.41, 5.74) is 5.10. The van der Waals surface area contributed by atoms with Gasteiger partial charge in [-0.25, -0.2) is 0 Å². The molecule has 2 N–H and O–H groups in total. The normalized spacial score (nSPS) is 13.9. The summed E-state index contributed by atoms with van der Waals surface area (Å²) in [5.74, 6) is 0.816. The van der Waals surface area contributed by atoms with E-state index in [2.05, 4.69) is 88.3 Å². The van der Waals surface area contributed by atoms with E-state index in [-0.39, 0.29) is 0 Å². The number of anilines is 1. The van der Waals surface area contributed by atoms with Crippen molar-refractivity contribution in [2.24, 2.45) is 4.99 Å². The molecule has 0 fully saturated rings. The molecule has 0 amide bonds. The van der Waals surface area contributed by atoms with Crippen LogP contribution >= 0.6 is 11.8 Å². The van der Waals surface area contributed by atoms with E-state index < -0.39 is 0 Å². The quantitative estimate of drug-likeness (QED) is 0.344. The highest BCUT2D eigenvalue weighted by molar-refractivity contribution is 7.98. The van der Waals surface area contributed by atoms with E-state index >= 15 is 0 Å². The summed E-state index contributed by atoms with van der Waals surface area (Å²) in [7, 11) is 1.81. The lowest BCUT2D eigenvalue weighted by molar-refractivity contribution is 0.800. The van der Waals surface area contributed by atoms with Gasteiger partial charge >= 0.3 is 0 Å². The van der Waals surface area contributed by atoms with Crippen molar-refractivity contribution in [3.8, 4) is 0 Å². The van der Waals surface area contributed by atoms with Crippen molar-refractivity contribution in [2.75, 3.05) is 31.3 Å². The zero-order valence-corrected chi connectivity index (χ0v) is 17.1. The Bertz CT molecular complexity index is 821. The van der Waals surface area contributed by atoms with E-state index in [0.717, 1.165) is 32.1 Å². The molecule has 0 aromatic heterocycles. The summed E-state index contributed by atoms with van der Waals surface area (Å²) in [4.78, 5) is 8.03. The molecule has 0 bridgehead atoms. The average molecular weight is 381 g/mol. The molecule has 5 heteroatoms. The van der Waals surface area contributed by atoms with Crippen molar-refractivity contribution in [3.05, 3.63) is 71.3 Å². The van der Waals surface area contributed by atoms with Crippen LogP contribution in [0.3, 0.4) is 0 Å². The molecule has 0 atom stereocenters. The van der Waals surface area contributed by atoms with Crippen LogP contribution in [0.15, 0.2) is 64.5 Å². The Morgan fingerprint density at radius 2 is 1.85 bits per heavy atom. The van der Waals surface area contributed by atoms with Crippen LogP contribution in [0.5, 0.6) is 0 Å². The molecule has 3 rings (SSSR count). The second kappa shape index (κ2) is 9.51. The largest absolute Gasteiger partial charge is 0.364 e. The first-order valence-corrected chi connectivity index (χ1v) is 10.5. The molecule has 2 aromatic carbocycles. The molecule has 142 valence electrons. The molecular formula is C22H28N4S. The van der Waals surface area contributed by atoms with Gasteiger partial charge in [-0.3, -0.25) is 4.99 Å². The van der Waals surface area contributed by atoms with E-state index in [1.807, 2.05) is 7.05 Å². The van der Waals surface area contributed by atoms with Gasteiger partial charge in [-0.05, 0) is 48.1 Å². The van der Waals surface area contributed by atoms with E-state index in [1.54, 1.807) is 11.8 Å². The molecular weight excluding hydrogens is 352 g/mol. The van der Waals surface area contributed by atoms with Crippen LogP contribution in [-0.2, 0) is 13.1 Å². The minimum Gasteiger partial charge on any atom is -0.364 e. The zero-order chi connectivity index (χ0) is 19.1. The van der Waals surface area contributed by atoms with Gasteiger partial charge in [-0.2, -0.15) is 0 Å². The molecule has 2 aromatic rings. The molecule has 1 heterocycles. The van der Waals surface area contributed by atoms with Crippen LogP contribution < -0.4 is 15.5 Å². The Morgan fingerprint density at radius 3 is 2.59 bits per heavy atom. The molecule has 0 unspecified atom stereocenters. The number of benzene rings is 2. The molecule has 0 saturated carbocycles. The number of thioether (sulfide) groups is 1. The van der Waals surface area contributed by atoms with Crippen LogP contribution in [0, 0.1) is 6.92 Å². The Balaban J connectivity index is 1.56. The standard InChI is InChI=1S/C22H28N4S/c1-17-9-10-19(21(13-17)27-3)16-25-22(23-2)24-15-18-7-6-8-20(14-18)26-11-4-5-12-26/h4-10,13-14H,11-12,15-16H2,1-3H3,(H2,23,24,25). The molecule has 0 radical (unpaired) electrons. The monoisotopic (exact) mass is 380 g/mol. The Morgan fingerprint density at radius 1 is 1.07 bits per heavy atom.